The molecule has 0 saturated heterocycles. The van der Waals surface area contributed by atoms with Gasteiger partial charge in [0.15, 0.2) is 11.4 Å². The van der Waals surface area contributed by atoms with E-state index in [1.54, 1.807) is 66.1 Å². The quantitative estimate of drug-likeness (QED) is 0.151. The lowest BCUT2D eigenvalue weighted by Gasteiger charge is -2.20. The third kappa shape index (κ3) is 10.4. The molecular weight excluding hydrogens is 805 g/mol. The molecule has 6 rings (SSSR count). The van der Waals surface area contributed by atoms with Crippen molar-refractivity contribution in [2.75, 3.05) is 40.5 Å². The highest BCUT2D eigenvalue weighted by molar-refractivity contribution is 5.95. The smallest absolute Gasteiger partial charge is 0.296 e. The van der Waals surface area contributed by atoms with Gasteiger partial charge in [0.25, 0.3) is 22.9 Å². The van der Waals surface area contributed by atoms with E-state index in [1.165, 1.54) is 21.3 Å². The van der Waals surface area contributed by atoms with Crippen LogP contribution in [0.5, 0.6) is 11.5 Å². The van der Waals surface area contributed by atoms with Crippen molar-refractivity contribution in [1.29, 1.82) is 0 Å². The molecule has 2 aliphatic rings. The standard InChI is InChI=1S/2C19H23FN4O4.2ClH/c2*1-10-6-12(4-5-13(10)20)7-22-18(26)15-16(25)19(27)24-11(2)8-28-9-14(21-3)17(24)23-15;;/h2*4-6,11,14,21,25H,7-9H2,1-3H3,(H,22,26);2*1H/t11-,14+;11-,14-;;/m00../s1. The molecule has 58 heavy (non-hydrogen) atoms. The van der Waals surface area contributed by atoms with Crippen LogP contribution in [-0.2, 0) is 22.6 Å². The first-order chi connectivity index (χ1) is 26.7. The van der Waals surface area contributed by atoms with Gasteiger partial charge in [-0.1, -0.05) is 24.3 Å². The van der Waals surface area contributed by atoms with Crippen LogP contribution in [0.1, 0.15) is 92.9 Å². The van der Waals surface area contributed by atoms with Gasteiger partial charge in [0.05, 0.1) is 50.6 Å². The number of halogens is 4. The predicted octanol–water partition coefficient (Wildman–Crippen LogP) is 3.20. The van der Waals surface area contributed by atoms with Crippen LogP contribution in [0.3, 0.4) is 0 Å². The third-order valence-electron chi connectivity index (χ3n) is 9.51. The Hall–Kier alpha value is -4.98. The maximum atomic E-state index is 13.4. The van der Waals surface area contributed by atoms with E-state index in [0.717, 1.165) is 0 Å². The number of nitrogens with zero attached hydrogens (tertiary/aromatic N) is 4. The Balaban J connectivity index is 0.000000300. The van der Waals surface area contributed by atoms with E-state index in [0.29, 0.717) is 47.1 Å². The highest BCUT2D eigenvalue weighted by atomic mass is 35.5. The third-order valence-corrected chi connectivity index (χ3v) is 9.51. The van der Waals surface area contributed by atoms with Crippen LogP contribution in [0.2, 0.25) is 0 Å². The lowest BCUT2D eigenvalue weighted by molar-refractivity contribution is 0.0933. The lowest BCUT2D eigenvalue weighted by Crippen LogP contribution is -2.35. The van der Waals surface area contributed by atoms with Gasteiger partial charge in [-0.2, -0.15) is 0 Å². The second-order valence-electron chi connectivity index (χ2n) is 13.7. The topological polar surface area (TPSA) is 211 Å². The van der Waals surface area contributed by atoms with Crippen LogP contribution >= 0.6 is 24.8 Å². The average molecular weight is 854 g/mol. The van der Waals surface area contributed by atoms with Crippen molar-refractivity contribution >= 4 is 36.6 Å². The minimum absolute atomic E-state index is 0. The van der Waals surface area contributed by atoms with Crippen LogP contribution in [0.4, 0.5) is 8.78 Å². The fourth-order valence-electron chi connectivity index (χ4n) is 6.34. The predicted molar refractivity (Wildman–Crippen MR) is 214 cm³/mol. The zero-order valence-corrected chi connectivity index (χ0v) is 34.4. The Morgan fingerprint density at radius 3 is 1.40 bits per heavy atom. The maximum absolute atomic E-state index is 13.4. The number of rotatable bonds is 8. The highest BCUT2D eigenvalue weighted by Crippen LogP contribution is 2.24. The van der Waals surface area contributed by atoms with Crippen LogP contribution < -0.4 is 32.4 Å². The van der Waals surface area contributed by atoms with Crippen LogP contribution in [0.25, 0.3) is 0 Å². The Bertz CT molecular complexity index is 2090. The number of likely N-dealkylation sites (N-methyl/N-ethyl adjacent to an activating group) is 2. The Morgan fingerprint density at radius 1 is 0.707 bits per heavy atom. The van der Waals surface area contributed by atoms with Crippen molar-refractivity contribution in [2.45, 2.75) is 65.0 Å². The summed E-state index contributed by atoms with van der Waals surface area (Å²) in [5.41, 5.74) is 0.233. The minimum Gasteiger partial charge on any atom is -0.501 e. The molecule has 0 radical (unpaired) electrons. The van der Waals surface area contributed by atoms with Crippen molar-refractivity contribution in [2.24, 2.45) is 0 Å². The molecule has 6 N–H and O–H groups in total. The largest absolute Gasteiger partial charge is 0.501 e. The number of fused-ring (bicyclic) bond motifs is 2. The molecule has 4 heterocycles. The van der Waals surface area contributed by atoms with Gasteiger partial charge in [0.1, 0.15) is 23.3 Å². The van der Waals surface area contributed by atoms with E-state index >= 15 is 0 Å². The first kappa shape index (κ1) is 47.4. The van der Waals surface area contributed by atoms with Crippen LogP contribution in [0, 0.1) is 25.5 Å². The molecule has 16 nitrogen and oxygen atoms in total. The number of benzene rings is 2. The van der Waals surface area contributed by atoms with Gasteiger partial charge in [0, 0.05) is 13.1 Å². The van der Waals surface area contributed by atoms with Gasteiger partial charge in [-0.05, 0) is 76.2 Å². The second kappa shape index (κ2) is 20.6. The monoisotopic (exact) mass is 852 g/mol. The molecule has 0 spiro atoms. The molecular formula is C38H48Cl2F2N8O8. The van der Waals surface area contributed by atoms with Crippen molar-refractivity contribution < 1.29 is 38.1 Å². The van der Waals surface area contributed by atoms with E-state index in [2.05, 4.69) is 31.2 Å². The van der Waals surface area contributed by atoms with E-state index in [-0.39, 0.29) is 86.2 Å². The van der Waals surface area contributed by atoms with Gasteiger partial charge < -0.3 is 41.0 Å². The molecule has 0 bridgehead atoms. The molecule has 4 atom stereocenters. The number of carbonyl (C=O) groups is 2. The number of hydrogen-bond donors (Lipinski definition) is 6. The van der Waals surface area contributed by atoms with Crippen molar-refractivity contribution in [3.05, 3.63) is 114 Å². The van der Waals surface area contributed by atoms with E-state index in [1.807, 2.05) is 0 Å². The summed E-state index contributed by atoms with van der Waals surface area (Å²) < 4.78 is 40.5. The molecule has 4 aromatic rings. The van der Waals surface area contributed by atoms with Gasteiger partial charge in [-0.25, -0.2) is 18.7 Å². The normalized spacial score (nSPS) is 18.3. The minimum atomic E-state index is -0.708. The summed E-state index contributed by atoms with van der Waals surface area (Å²) in [6.45, 7) is 8.18. The summed E-state index contributed by atoms with van der Waals surface area (Å²) in [5.74, 6) is -2.79. The Morgan fingerprint density at radius 2 is 1.07 bits per heavy atom. The first-order valence-electron chi connectivity index (χ1n) is 17.9. The number of hydrogen-bond acceptors (Lipinski definition) is 12. The number of amides is 2. The number of nitrogens with one attached hydrogen (secondary N) is 4. The van der Waals surface area contributed by atoms with Crippen LogP contribution in [0.15, 0.2) is 46.0 Å². The molecule has 316 valence electrons. The maximum Gasteiger partial charge on any atom is 0.296 e. The summed E-state index contributed by atoms with van der Waals surface area (Å²) in [6.07, 6.45) is 0. The van der Waals surface area contributed by atoms with Gasteiger partial charge in [-0.3, -0.25) is 28.3 Å². The highest BCUT2D eigenvalue weighted by Gasteiger charge is 2.31. The zero-order valence-electron chi connectivity index (χ0n) is 32.7. The Labute approximate surface area is 345 Å². The van der Waals surface area contributed by atoms with Gasteiger partial charge in [0.2, 0.25) is 11.5 Å². The fourth-order valence-corrected chi connectivity index (χ4v) is 6.34. The van der Waals surface area contributed by atoms with Gasteiger partial charge >= 0.3 is 0 Å². The molecule has 0 aliphatic carbocycles. The molecule has 0 unspecified atom stereocenters. The van der Waals surface area contributed by atoms with Crippen molar-refractivity contribution in [1.82, 2.24) is 40.4 Å². The molecule has 2 aliphatic heterocycles. The lowest BCUT2D eigenvalue weighted by atomic mass is 10.1. The average Bonchev–Trinajstić information content (AvgIpc) is 3.44. The summed E-state index contributed by atoms with van der Waals surface area (Å²) in [4.78, 5) is 59.1. The number of aromatic hydroxyl groups is 2. The summed E-state index contributed by atoms with van der Waals surface area (Å²) in [7, 11) is 3.40. The molecule has 2 aromatic carbocycles. The van der Waals surface area contributed by atoms with E-state index < -0.39 is 46.5 Å². The van der Waals surface area contributed by atoms with Crippen LogP contribution in [-0.4, -0.2) is 81.7 Å². The van der Waals surface area contributed by atoms with E-state index in [4.69, 9.17) is 9.47 Å². The van der Waals surface area contributed by atoms with Crippen molar-refractivity contribution in [3.63, 3.8) is 0 Å². The fraction of sp³-hybridized carbons (Fsp3) is 0.421. The molecule has 0 fully saturated rings. The summed E-state index contributed by atoms with van der Waals surface area (Å²) in [5, 5.41) is 31.8. The number of aromatic nitrogens is 4. The number of carbonyl (C=O) groups excluding carboxylic acids is 2. The molecule has 20 heteroatoms. The first-order valence-corrected chi connectivity index (χ1v) is 17.9. The number of ether oxygens (including phenoxy) is 2. The Kier molecular flexibility index (Phi) is 16.9. The summed E-state index contributed by atoms with van der Waals surface area (Å²) >= 11 is 0. The van der Waals surface area contributed by atoms with Gasteiger partial charge in [-0.15, -0.1) is 24.8 Å². The molecule has 0 saturated carbocycles. The van der Waals surface area contributed by atoms with Crippen molar-refractivity contribution in [3.8, 4) is 11.5 Å². The second-order valence-corrected chi connectivity index (χ2v) is 13.7. The molecule has 2 amide bonds. The summed E-state index contributed by atoms with van der Waals surface area (Å²) in [6, 6.07) is 7.51. The van der Waals surface area contributed by atoms with E-state index in [9.17, 15) is 38.2 Å². The number of aryl methyl sites for hydroxylation is 2. The SMILES string of the molecule is CN[C@@H]1COC[C@H](C)n2c1nc(C(=O)NCc1ccc(F)c(C)c1)c(O)c2=O.CN[C@H]1COC[C@H](C)n2c1nc(C(=O)NCc1ccc(F)c(C)c1)c(O)c2=O.Cl.Cl. The zero-order chi connectivity index (χ0) is 40.8. The molecule has 2 aromatic heterocycles.